The van der Waals surface area contributed by atoms with Crippen LogP contribution >= 0.6 is 0 Å². The molecule has 0 N–H and O–H groups in total. The fourth-order valence-electron chi connectivity index (χ4n) is 2.09. The third-order valence-electron chi connectivity index (χ3n) is 3.14. The molecule has 0 bridgehead atoms. The molecule has 2 rings (SSSR count). The Morgan fingerprint density at radius 1 is 1.00 bits per heavy atom. The molecule has 20 heavy (non-hydrogen) atoms. The molecule has 2 unspecified atom stereocenters. The van der Waals surface area contributed by atoms with Crippen molar-refractivity contribution in [1.82, 2.24) is 0 Å². The molecule has 6 nitrogen and oxygen atoms in total. The zero-order chi connectivity index (χ0) is 14.8. The van der Waals surface area contributed by atoms with Gasteiger partial charge in [0.15, 0.2) is 18.0 Å². The van der Waals surface area contributed by atoms with Crippen molar-refractivity contribution in [3.05, 3.63) is 35.9 Å². The van der Waals surface area contributed by atoms with Gasteiger partial charge in [-0.05, 0) is 6.92 Å². The van der Waals surface area contributed by atoms with E-state index in [0.29, 0.717) is 5.56 Å². The predicted octanol–water partition coefficient (Wildman–Crippen LogP) is 0.989. The van der Waals surface area contributed by atoms with Gasteiger partial charge in [-0.2, -0.15) is 0 Å². The Hall–Kier alpha value is -1.92. The van der Waals surface area contributed by atoms with Crippen molar-refractivity contribution in [2.45, 2.75) is 24.9 Å². The quantitative estimate of drug-likeness (QED) is 0.769. The first-order valence-corrected chi connectivity index (χ1v) is 6.08. The summed E-state index contributed by atoms with van der Waals surface area (Å²) in [4.78, 5) is 23.5. The van der Waals surface area contributed by atoms with Gasteiger partial charge in [0.25, 0.3) is 0 Å². The van der Waals surface area contributed by atoms with Crippen LogP contribution in [0, 0.1) is 0 Å². The Bertz CT molecular complexity index is 474. The topological polar surface area (TPSA) is 71.1 Å². The van der Waals surface area contributed by atoms with E-state index in [2.05, 4.69) is 9.47 Å². The minimum atomic E-state index is -1.21. The summed E-state index contributed by atoms with van der Waals surface area (Å²) >= 11 is 0. The molecule has 0 aromatic heterocycles. The largest absolute Gasteiger partial charge is 0.467 e. The van der Waals surface area contributed by atoms with Crippen molar-refractivity contribution < 1.29 is 28.5 Å². The van der Waals surface area contributed by atoms with E-state index in [4.69, 9.17) is 9.47 Å². The highest BCUT2D eigenvalue weighted by atomic mass is 16.8. The van der Waals surface area contributed by atoms with Crippen molar-refractivity contribution in [1.29, 1.82) is 0 Å². The highest BCUT2D eigenvalue weighted by molar-refractivity contribution is 5.86. The molecule has 1 fully saturated rings. The Balaban J connectivity index is 2.32. The van der Waals surface area contributed by atoms with Gasteiger partial charge < -0.3 is 18.9 Å². The highest BCUT2D eigenvalue weighted by Gasteiger charge is 2.53. The van der Waals surface area contributed by atoms with Gasteiger partial charge in [0.2, 0.25) is 0 Å². The van der Waals surface area contributed by atoms with Crippen LogP contribution in [-0.4, -0.2) is 38.4 Å². The van der Waals surface area contributed by atoms with Gasteiger partial charge in [0.05, 0.1) is 14.2 Å². The zero-order valence-corrected chi connectivity index (χ0v) is 11.5. The lowest BCUT2D eigenvalue weighted by atomic mass is 10.1. The summed E-state index contributed by atoms with van der Waals surface area (Å²) in [6, 6.07) is 9.04. The summed E-state index contributed by atoms with van der Waals surface area (Å²) in [6.07, 6.45) is -2.31. The van der Waals surface area contributed by atoms with Crippen molar-refractivity contribution in [3.8, 4) is 0 Å². The summed E-state index contributed by atoms with van der Waals surface area (Å²) in [5.41, 5.74) is 0.695. The van der Waals surface area contributed by atoms with E-state index in [9.17, 15) is 9.59 Å². The molecule has 0 saturated carbocycles. The van der Waals surface area contributed by atoms with Crippen LogP contribution in [0.5, 0.6) is 0 Å². The minimum Gasteiger partial charge on any atom is -0.467 e. The average Bonchev–Trinajstić information content (AvgIpc) is 2.86. The molecule has 1 heterocycles. The second-order valence-electron chi connectivity index (χ2n) is 4.43. The molecule has 0 radical (unpaired) electrons. The monoisotopic (exact) mass is 280 g/mol. The predicted molar refractivity (Wildman–Crippen MR) is 67.6 cm³/mol. The standard InChI is InChI=1S/C14H16O6/c1-14(9-7-5-4-6-8-9)19-10(12(15)17-2)11(20-14)13(16)18-3/h4-8,10-11H,1-3H3. The van der Waals surface area contributed by atoms with Crippen LogP contribution in [0.15, 0.2) is 30.3 Å². The lowest BCUT2D eigenvalue weighted by Crippen LogP contribution is -2.38. The van der Waals surface area contributed by atoms with Crippen molar-refractivity contribution in [2.75, 3.05) is 14.2 Å². The van der Waals surface area contributed by atoms with Crippen LogP contribution in [0.1, 0.15) is 12.5 Å². The SMILES string of the molecule is COC(=O)C1OC(C)(c2ccccc2)OC1C(=O)OC. The third kappa shape index (κ3) is 2.52. The van der Waals surface area contributed by atoms with Gasteiger partial charge in [-0.3, -0.25) is 0 Å². The fourth-order valence-corrected chi connectivity index (χ4v) is 2.09. The molecular weight excluding hydrogens is 264 g/mol. The van der Waals surface area contributed by atoms with E-state index in [1.807, 2.05) is 18.2 Å². The molecule has 0 spiro atoms. The van der Waals surface area contributed by atoms with Crippen LogP contribution < -0.4 is 0 Å². The summed E-state index contributed by atoms with van der Waals surface area (Å²) in [6.45, 7) is 1.64. The van der Waals surface area contributed by atoms with Crippen molar-refractivity contribution in [2.24, 2.45) is 0 Å². The number of hydrogen-bond donors (Lipinski definition) is 0. The molecule has 6 heteroatoms. The van der Waals surface area contributed by atoms with E-state index in [-0.39, 0.29) is 0 Å². The molecule has 1 aliphatic rings. The van der Waals surface area contributed by atoms with Gasteiger partial charge in [-0.25, -0.2) is 9.59 Å². The van der Waals surface area contributed by atoms with Crippen LogP contribution in [0.4, 0.5) is 0 Å². The maximum Gasteiger partial charge on any atom is 0.338 e. The average molecular weight is 280 g/mol. The first kappa shape index (κ1) is 14.5. The van der Waals surface area contributed by atoms with Crippen molar-refractivity contribution in [3.63, 3.8) is 0 Å². The minimum absolute atomic E-state index is 0.681. The number of benzene rings is 1. The van der Waals surface area contributed by atoms with E-state index in [0.717, 1.165) is 0 Å². The van der Waals surface area contributed by atoms with E-state index >= 15 is 0 Å². The number of ether oxygens (including phenoxy) is 4. The van der Waals surface area contributed by atoms with Crippen LogP contribution in [0.2, 0.25) is 0 Å². The Labute approximate surface area is 116 Å². The van der Waals surface area contributed by atoms with Gasteiger partial charge in [-0.15, -0.1) is 0 Å². The number of esters is 2. The van der Waals surface area contributed by atoms with Crippen molar-refractivity contribution >= 4 is 11.9 Å². The van der Waals surface area contributed by atoms with E-state index < -0.39 is 29.9 Å². The Kier molecular flexibility index (Phi) is 4.06. The third-order valence-corrected chi connectivity index (χ3v) is 3.14. The number of methoxy groups -OCH3 is 2. The number of carbonyl (C=O) groups is 2. The molecular formula is C14H16O6. The molecule has 1 aliphatic heterocycles. The molecule has 108 valence electrons. The first-order valence-electron chi connectivity index (χ1n) is 6.08. The maximum absolute atomic E-state index is 11.7. The molecule has 0 aliphatic carbocycles. The lowest BCUT2D eigenvalue weighted by molar-refractivity contribution is -0.185. The summed E-state index contributed by atoms with van der Waals surface area (Å²) in [5.74, 6) is -2.57. The van der Waals surface area contributed by atoms with Gasteiger partial charge in [-0.1, -0.05) is 30.3 Å². The van der Waals surface area contributed by atoms with E-state index in [1.165, 1.54) is 14.2 Å². The van der Waals surface area contributed by atoms with Gasteiger partial charge in [0, 0.05) is 5.56 Å². The Morgan fingerprint density at radius 3 is 1.85 bits per heavy atom. The van der Waals surface area contributed by atoms with Crippen LogP contribution in [0.3, 0.4) is 0 Å². The second-order valence-corrected chi connectivity index (χ2v) is 4.43. The molecule has 0 amide bonds. The highest BCUT2D eigenvalue weighted by Crippen LogP contribution is 2.38. The van der Waals surface area contributed by atoms with Gasteiger partial charge in [0.1, 0.15) is 0 Å². The number of carbonyl (C=O) groups excluding carboxylic acids is 2. The van der Waals surface area contributed by atoms with Crippen LogP contribution in [0.25, 0.3) is 0 Å². The Morgan fingerprint density at radius 2 is 1.45 bits per heavy atom. The summed E-state index contributed by atoms with van der Waals surface area (Å²) < 4.78 is 20.5. The second kappa shape index (κ2) is 5.60. The smallest absolute Gasteiger partial charge is 0.338 e. The number of hydrogen-bond acceptors (Lipinski definition) is 6. The van der Waals surface area contributed by atoms with Gasteiger partial charge >= 0.3 is 11.9 Å². The molecule has 1 aromatic rings. The first-order chi connectivity index (χ1) is 9.51. The lowest BCUT2D eigenvalue weighted by Gasteiger charge is -2.23. The van der Waals surface area contributed by atoms with E-state index in [1.54, 1.807) is 19.1 Å². The van der Waals surface area contributed by atoms with Crippen LogP contribution in [-0.2, 0) is 34.3 Å². The molecule has 1 saturated heterocycles. The zero-order valence-electron chi connectivity index (χ0n) is 11.5. The molecule has 1 aromatic carbocycles. The summed E-state index contributed by atoms with van der Waals surface area (Å²) in [7, 11) is 2.44. The fraction of sp³-hybridized carbons (Fsp3) is 0.429. The number of rotatable bonds is 3. The maximum atomic E-state index is 11.7. The normalized spacial score (nSPS) is 28.9. The molecule has 2 atom stereocenters. The summed E-state index contributed by atoms with van der Waals surface area (Å²) in [5, 5.41) is 0.